The molecule has 1 atom stereocenters. The molecule has 3 N–H and O–H groups in total. The first-order valence-electron chi connectivity index (χ1n) is 8.37. The van der Waals surface area contributed by atoms with Crippen molar-refractivity contribution in [2.45, 2.75) is 5.60 Å². The van der Waals surface area contributed by atoms with E-state index in [1.54, 1.807) is 30.3 Å². The lowest BCUT2D eigenvalue weighted by molar-refractivity contribution is 0.0224. The van der Waals surface area contributed by atoms with E-state index in [4.69, 9.17) is 9.47 Å². The molecule has 0 aromatic heterocycles. The number of carbonyl (C=O) groups excluding carboxylic acids is 1. The third-order valence-electron chi connectivity index (χ3n) is 5.04. The maximum Gasteiger partial charge on any atom is 0.340 e. The van der Waals surface area contributed by atoms with Crippen LogP contribution in [-0.2, 0) is 10.3 Å². The molecule has 138 valence electrons. The zero-order valence-electron chi connectivity index (χ0n) is 14.2. The monoisotopic (exact) mass is 376 g/mol. The molecule has 1 unspecified atom stereocenters. The number of esters is 1. The molecule has 5 rings (SSSR count). The van der Waals surface area contributed by atoms with Crippen molar-refractivity contribution in [1.29, 1.82) is 0 Å². The van der Waals surface area contributed by atoms with Gasteiger partial charge in [0.25, 0.3) is 0 Å². The summed E-state index contributed by atoms with van der Waals surface area (Å²) in [4.78, 5) is 24.1. The minimum Gasteiger partial charge on any atom is -0.508 e. The van der Waals surface area contributed by atoms with E-state index >= 15 is 0 Å². The predicted molar refractivity (Wildman–Crippen MR) is 95.0 cm³/mol. The van der Waals surface area contributed by atoms with E-state index in [0.717, 1.165) is 6.07 Å². The predicted octanol–water partition coefficient (Wildman–Crippen LogP) is 3.36. The van der Waals surface area contributed by atoms with Gasteiger partial charge in [-0.3, -0.25) is 0 Å². The second-order valence-electron chi connectivity index (χ2n) is 6.57. The third kappa shape index (κ3) is 1.92. The second kappa shape index (κ2) is 5.26. The fourth-order valence-electron chi connectivity index (χ4n) is 3.87. The lowest BCUT2D eigenvalue weighted by Crippen LogP contribution is -2.32. The van der Waals surface area contributed by atoms with Gasteiger partial charge in [0.2, 0.25) is 0 Å². The molecule has 28 heavy (non-hydrogen) atoms. The number of phenolic OH excluding ortho intramolecular Hbond substituents is 1. The number of benzene rings is 3. The molecule has 0 saturated heterocycles. The molecule has 3 aromatic carbocycles. The van der Waals surface area contributed by atoms with Crippen LogP contribution in [0.25, 0.3) is 0 Å². The lowest BCUT2D eigenvalue weighted by Gasteiger charge is -2.36. The van der Waals surface area contributed by atoms with Crippen LogP contribution in [0.4, 0.5) is 0 Å². The van der Waals surface area contributed by atoms with Crippen LogP contribution < -0.4 is 4.74 Å². The minimum absolute atomic E-state index is 0.0260. The molecule has 7 heteroatoms. The summed E-state index contributed by atoms with van der Waals surface area (Å²) in [6.45, 7) is 0. The second-order valence-corrected chi connectivity index (χ2v) is 6.57. The number of aromatic carboxylic acids is 1. The van der Waals surface area contributed by atoms with Crippen molar-refractivity contribution in [3.05, 3.63) is 82.4 Å². The maximum atomic E-state index is 12.7. The van der Waals surface area contributed by atoms with Gasteiger partial charge in [0.15, 0.2) is 5.60 Å². The molecule has 0 bridgehead atoms. The van der Waals surface area contributed by atoms with Crippen LogP contribution >= 0.6 is 0 Å². The van der Waals surface area contributed by atoms with Crippen LogP contribution in [0.15, 0.2) is 54.6 Å². The van der Waals surface area contributed by atoms with Crippen molar-refractivity contribution in [2.24, 2.45) is 0 Å². The largest absolute Gasteiger partial charge is 0.508 e. The summed E-state index contributed by atoms with van der Waals surface area (Å²) in [6.07, 6.45) is 0. The van der Waals surface area contributed by atoms with Gasteiger partial charge in [0.1, 0.15) is 28.6 Å². The number of hydrogen-bond acceptors (Lipinski definition) is 6. The fourth-order valence-corrected chi connectivity index (χ4v) is 3.87. The van der Waals surface area contributed by atoms with Gasteiger partial charge in [-0.15, -0.1) is 0 Å². The van der Waals surface area contributed by atoms with E-state index in [1.165, 1.54) is 18.2 Å². The number of ether oxygens (including phenoxy) is 2. The molecule has 3 aromatic rings. The summed E-state index contributed by atoms with van der Waals surface area (Å²) in [7, 11) is 0. The first-order valence-corrected chi connectivity index (χ1v) is 8.37. The topological polar surface area (TPSA) is 113 Å². The van der Waals surface area contributed by atoms with Crippen molar-refractivity contribution >= 4 is 11.9 Å². The number of aromatic hydroxyl groups is 2. The van der Waals surface area contributed by atoms with E-state index in [9.17, 15) is 24.9 Å². The Morgan fingerprint density at radius 1 is 0.893 bits per heavy atom. The molecular weight excluding hydrogens is 364 g/mol. The minimum atomic E-state index is -1.43. The highest BCUT2D eigenvalue weighted by Gasteiger charge is 2.54. The van der Waals surface area contributed by atoms with Gasteiger partial charge < -0.3 is 24.8 Å². The number of fused-ring (bicyclic) bond motifs is 6. The molecule has 1 spiro atoms. The van der Waals surface area contributed by atoms with Crippen LogP contribution in [-0.4, -0.2) is 27.3 Å². The van der Waals surface area contributed by atoms with E-state index in [0.29, 0.717) is 28.2 Å². The van der Waals surface area contributed by atoms with Gasteiger partial charge in [-0.2, -0.15) is 0 Å². The molecule has 2 heterocycles. The molecule has 2 aliphatic heterocycles. The van der Waals surface area contributed by atoms with E-state index in [2.05, 4.69) is 0 Å². The molecular formula is C21H12O7. The number of rotatable bonds is 1. The van der Waals surface area contributed by atoms with Crippen LogP contribution in [0.1, 0.15) is 37.4 Å². The highest BCUT2D eigenvalue weighted by Crippen LogP contribution is 2.57. The van der Waals surface area contributed by atoms with Gasteiger partial charge in [0.05, 0.1) is 5.56 Å². The van der Waals surface area contributed by atoms with E-state index in [1.807, 2.05) is 0 Å². The summed E-state index contributed by atoms with van der Waals surface area (Å²) in [5.41, 5.74) is -0.479. The van der Waals surface area contributed by atoms with Gasteiger partial charge in [-0.1, -0.05) is 18.2 Å². The summed E-state index contributed by atoms with van der Waals surface area (Å²) >= 11 is 0. The normalized spacial score (nSPS) is 18.6. The molecule has 0 aliphatic carbocycles. The Morgan fingerprint density at radius 3 is 2.43 bits per heavy atom. The number of para-hydroxylation sites is 1. The van der Waals surface area contributed by atoms with Crippen molar-refractivity contribution < 1.29 is 34.4 Å². The fraction of sp³-hybridized carbons (Fsp3) is 0.0476. The maximum absolute atomic E-state index is 12.7. The summed E-state index contributed by atoms with van der Waals surface area (Å²) in [6, 6.07) is 13.7. The van der Waals surface area contributed by atoms with Crippen molar-refractivity contribution in [3.8, 4) is 23.0 Å². The van der Waals surface area contributed by atoms with Crippen molar-refractivity contribution in [3.63, 3.8) is 0 Å². The number of carbonyl (C=O) groups is 2. The molecule has 0 radical (unpaired) electrons. The van der Waals surface area contributed by atoms with Crippen LogP contribution in [0.2, 0.25) is 0 Å². The number of phenols is 2. The first-order chi connectivity index (χ1) is 13.4. The summed E-state index contributed by atoms with van der Waals surface area (Å²) < 4.78 is 11.7. The standard InChI is InChI=1S/C21H12O7/c22-10-5-6-14-18(7-10)27-17-4-2-1-3-13(17)21(14)15-9-16(23)12(19(24)25)8-11(15)20(26)28-21/h1-9,22-23H,(H,24,25). The average Bonchev–Trinajstić information content (AvgIpc) is 2.93. The highest BCUT2D eigenvalue weighted by molar-refractivity contribution is 6.01. The quantitative estimate of drug-likeness (QED) is 0.558. The van der Waals surface area contributed by atoms with Crippen LogP contribution in [0.3, 0.4) is 0 Å². The van der Waals surface area contributed by atoms with Crippen molar-refractivity contribution in [2.75, 3.05) is 0 Å². The molecule has 0 amide bonds. The molecule has 2 aliphatic rings. The Bertz CT molecular complexity index is 1200. The SMILES string of the molecule is O=C(O)c1cc2c(cc1O)C1(OC2=O)c2ccccc2Oc2cc(O)ccc21. The van der Waals surface area contributed by atoms with Gasteiger partial charge in [-0.05, 0) is 30.3 Å². The molecule has 7 nitrogen and oxygen atoms in total. The average molecular weight is 376 g/mol. The smallest absolute Gasteiger partial charge is 0.340 e. The Kier molecular flexibility index (Phi) is 3.04. The van der Waals surface area contributed by atoms with Crippen molar-refractivity contribution in [1.82, 2.24) is 0 Å². The third-order valence-corrected chi connectivity index (χ3v) is 5.04. The lowest BCUT2D eigenvalue weighted by atomic mass is 9.77. The number of carboxylic acid groups (broad SMARTS) is 1. The Hall–Kier alpha value is -4.00. The highest BCUT2D eigenvalue weighted by atomic mass is 16.6. The van der Waals surface area contributed by atoms with E-state index < -0.39 is 23.3 Å². The number of carboxylic acids is 1. The zero-order valence-corrected chi connectivity index (χ0v) is 14.2. The van der Waals surface area contributed by atoms with Gasteiger partial charge in [0, 0.05) is 22.8 Å². The van der Waals surface area contributed by atoms with Crippen LogP contribution in [0.5, 0.6) is 23.0 Å². The first kappa shape index (κ1) is 16.2. The summed E-state index contributed by atoms with van der Waals surface area (Å²) in [5, 5.41) is 29.4. The Balaban J connectivity index is 1.89. The Morgan fingerprint density at radius 2 is 1.64 bits per heavy atom. The Labute approximate surface area is 158 Å². The van der Waals surface area contributed by atoms with Gasteiger partial charge >= 0.3 is 11.9 Å². The number of hydrogen-bond donors (Lipinski definition) is 3. The van der Waals surface area contributed by atoms with Crippen LogP contribution in [0, 0.1) is 0 Å². The molecule has 0 fully saturated rings. The van der Waals surface area contributed by atoms with Gasteiger partial charge in [-0.25, -0.2) is 9.59 Å². The zero-order chi connectivity index (χ0) is 19.6. The summed E-state index contributed by atoms with van der Waals surface area (Å²) in [5.74, 6) is -1.86. The molecule has 0 saturated carbocycles. The van der Waals surface area contributed by atoms with E-state index in [-0.39, 0.29) is 16.9 Å².